The summed E-state index contributed by atoms with van der Waals surface area (Å²) in [5.41, 5.74) is 1.37. The fraction of sp³-hybridized carbons (Fsp3) is 0.500. The minimum atomic E-state index is 0.785. The van der Waals surface area contributed by atoms with Gasteiger partial charge in [-0.15, -0.1) is 0 Å². The molecule has 0 atom stereocenters. The minimum absolute atomic E-state index is 0.785. The molecule has 1 fully saturated rings. The number of nitrogens with one attached hydrogen (secondary N) is 1. The van der Waals surface area contributed by atoms with Gasteiger partial charge in [0.2, 0.25) is 0 Å². The van der Waals surface area contributed by atoms with E-state index in [9.17, 15) is 0 Å². The van der Waals surface area contributed by atoms with Crippen molar-refractivity contribution in [3.8, 4) is 0 Å². The number of allylic oxidation sites excluding steroid dienone is 2. The van der Waals surface area contributed by atoms with Crippen LogP contribution >= 0.6 is 0 Å². The van der Waals surface area contributed by atoms with E-state index in [1.54, 1.807) is 0 Å². The Morgan fingerprint density at radius 3 is 2.82 bits per heavy atom. The molecule has 1 heteroatoms. The van der Waals surface area contributed by atoms with Gasteiger partial charge in [0.05, 0.1) is 0 Å². The number of hydrogen-bond acceptors (Lipinski definition) is 1. The summed E-state index contributed by atoms with van der Waals surface area (Å²) >= 11 is 0. The zero-order valence-electron chi connectivity index (χ0n) is 6.64. The summed E-state index contributed by atoms with van der Waals surface area (Å²) in [6.45, 7) is 3.19. The van der Waals surface area contributed by atoms with Gasteiger partial charge in [0, 0.05) is 0 Å². The Labute approximate surface area is 68.2 Å². The summed E-state index contributed by atoms with van der Waals surface area (Å²) < 4.78 is 0. The highest BCUT2D eigenvalue weighted by atomic mass is 14.8. The second kappa shape index (κ2) is 3.12. The molecule has 2 aliphatic rings. The SMILES string of the molecule is [C]1NC=CC=C1C1CCCC1. The molecule has 1 N–H and O–H groups in total. The molecule has 1 nitrogen and oxygen atoms in total. The molecule has 0 aromatic carbocycles. The molecule has 2 rings (SSSR count). The van der Waals surface area contributed by atoms with Gasteiger partial charge in [-0.05, 0) is 36.6 Å². The molecule has 0 bridgehead atoms. The second-order valence-corrected chi connectivity index (χ2v) is 3.23. The largest absolute Gasteiger partial charge is 0.377 e. The van der Waals surface area contributed by atoms with Crippen LogP contribution in [-0.2, 0) is 0 Å². The Kier molecular flexibility index (Phi) is 1.97. The molecule has 1 aliphatic carbocycles. The van der Waals surface area contributed by atoms with Gasteiger partial charge in [-0.3, -0.25) is 0 Å². The average Bonchev–Trinajstić information content (AvgIpc) is 2.58. The quantitative estimate of drug-likeness (QED) is 0.600. The lowest BCUT2D eigenvalue weighted by molar-refractivity contribution is 0.636. The maximum atomic E-state index is 3.19. The summed E-state index contributed by atoms with van der Waals surface area (Å²) in [5, 5.41) is 3.01. The lowest BCUT2D eigenvalue weighted by atomic mass is 9.96. The molecular weight excluding hydrogens is 134 g/mol. The molecule has 1 saturated carbocycles. The Bertz CT molecular complexity index is 185. The van der Waals surface area contributed by atoms with Crippen LogP contribution in [0.15, 0.2) is 23.9 Å². The van der Waals surface area contributed by atoms with Crippen molar-refractivity contribution >= 4 is 0 Å². The molecule has 0 amide bonds. The highest BCUT2D eigenvalue weighted by molar-refractivity contribution is 5.26. The Morgan fingerprint density at radius 2 is 2.18 bits per heavy atom. The standard InChI is InChI=1S/C10H13N/c1-2-5-9(4-1)10-6-3-7-11-8-10/h3,6-7,9,11H,1-2,4-5H2. The molecule has 0 saturated heterocycles. The maximum absolute atomic E-state index is 3.19. The molecule has 11 heavy (non-hydrogen) atoms. The summed E-state index contributed by atoms with van der Waals surface area (Å²) in [6, 6.07) is 0. The van der Waals surface area contributed by atoms with Crippen LogP contribution < -0.4 is 5.32 Å². The molecule has 1 aliphatic heterocycles. The van der Waals surface area contributed by atoms with Crippen LogP contribution in [0.3, 0.4) is 0 Å². The van der Waals surface area contributed by atoms with Gasteiger partial charge in [0.1, 0.15) is 6.54 Å². The molecule has 0 aromatic rings. The first kappa shape index (κ1) is 6.96. The van der Waals surface area contributed by atoms with Crippen molar-refractivity contribution < 1.29 is 0 Å². The van der Waals surface area contributed by atoms with E-state index < -0.39 is 0 Å². The van der Waals surface area contributed by atoms with Crippen molar-refractivity contribution in [1.82, 2.24) is 5.32 Å². The topological polar surface area (TPSA) is 12.0 Å². The van der Waals surface area contributed by atoms with Crippen LogP contribution in [0.5, 0.6) is 0 Å². The maximum Gasteiger partial charge on any atom is 0.118 e. The third-order valence-corrected chi connectivity index (χ3v) is 2.47. The lowest BCUT2D eigenvalue weighted by Gasteiger charge is -2.14. The first-order valence-corrected chi connectivity index (χ1v) is 4.35. The molecular formula is C10H13N. The van der Waals surface area contributed by atoms with E-state index in [0.29, 0.717) is 0 Å². The fourth-order valence-corrected chi connectivity index (χ4v) is 1.84. The van der Waals surface area contributed by atoms with Gasteiger partial charge in [-0.25, -0.2) is 0 Å². The van der Waals surface area contributed by atoms with Crippen LogP contribution in [0.1, 0.15) is 25.7 Å². The monoisotopic (exact) mass is 147 g/mol. The lowest BCUT2D eigenvalue weighted by Crippen LogP contribution is -2.11. The van der Waals surface area contributed by atoms with Crippen LogP contribution in [0.4, 0.5) is 0 Å². The van der Waals surface area contributed by atoms with E-state index >= 15 is 0 Å². The van der Waals surface area contributed by atoms with E-state index in [-0.39, 0.29) is 0 Å². The first-order valence-electron chi connectivity index (χ1n) is 4.35. The number of dihydropyridines is 1. The second-order valence-electron chi connectivity index (χ2n) is 3.23. The van der Waals surface area contributed by atoms with Crippen molar-refractivity contribution in [3.05, 3.63) is 30.5 Å². The van der Waals surface area contributed by atoms with Crippen molar-refractivity contribution in [1.29, 1.82) is 0 Å². The molecule has 1 heterocycles. The average molecular weight is 147 g/mol. The van der Waals surface area contributed by atoms with Crippen molar-refractivity contribution in [2.75, 3.05) is 0 Å². The summed E-state index contributed by atoms with van der Waals surface area (Å²) in [4.78, 5) is 0. The first-order chi connectivity index (χ1) is 5.47. The Morgan fingerprint density at radius 1 is 1.36 bits per heavy atom. The minimum Gasteiger partial charge on any atom is -0.377 e. The van der Waals surface area contributed by atoms with Gasteiger partial charge < -0.3 is 5.32 Å². The van der Waals surface area contributed by atoms with Crippen molar-refractivity contribution in [2.24, 2.45) is 5.92 Å². The third kappa shape index (κ3) is 1.47. The smallest absolute Gasteiger partial charge is 0.118 e. The van der Waals surface area contributed by atoms with Crippen molar-refractivity contribution in [3.63, 3.8) is 0 Å². The fourth-order valence-electron chi connectivity index (χ4n) is 1.84. The molecule has 0 unspecified atom stereocenters. The predicted octanol–water partition coefficient (Wildman–Crippen LogP) is 2.26. The van der Waals surface area contributed by atoms with E-state index in [1.807, 2.05) is 6.20 Å². The Hall–Kier alpha value is -0.720. The van der Waals surface area contributed by atoms with Crippen LogP contribution in [0.25, 0.3) is 0 Å². The van der Waals surface area contributed by atoms with E-state index in [0.717, 1.165) is 5.92 Å². The normalized spacial score (nSPS) is 24.9. The number of rotatable bonds is 1. The van der Waals surface area contributed by atoms with E-state index in [1.165, 1.54) is 31.3 Å². The van der Waals surface area contributed by atoms with E-state index in [2.05, 4.69) is 24.0 Å². The third-order valence-electron chi connectivity index (χ3n) is 2.47. The summed E-state index contributed by atoms with van der Waals surface area (Å²) in [6.07, 6.45) is 11.7. The number of hydrogen-bond donors (Lipinski definition) is 1. The van der Waals surface area contributed by atoms with Gasteiger partial charge in [0.25, 0.3) is 0 Å². The molecule has 0 aromatic heterocycles. The summed E-state index contributed by atoms with van der Waals surface area (Å²) in [5.74, 6) is 0.785. The summed E-state index contributed by atoms with van der Waals surface area (Å²) in [7, 11) is 0. The van der Waals surface area contributed by atoms with Crippen molar-refractivity contribution in [2.45, 2.75) is 25.7 Å². The highest BCUT2D eigenvalue weighted by Gasteiger charge is 2.19. The van der Waals surface area contributed by atoms with Crippen LogP contribution in [-0.4, -0.2) is 0 Å². The Balaban J connectivity index is 2.02. The van der Waals surface area contributed by atoms with Gasteiger partial charge >= 0.3 is 0 Å². The highest BCUT2D eigenvalue weighted by Crippen LogP contribution is 2.32. The van der Waals surface area contributed by atoms with Gasteiger partial charge in [0.15, 0.2) is 0 Å². The predicted molar refractivity (Wildman–Crippen MR) is 45.6 cm³/mol. The molecule has 58 valence electrons. The molecule has 0 spiro atoms. The molecule has 2 radical (unpaired) electrons. The van der Waals surface area contributed by atoms with Crippen LogP contribution in [0, 0.1) is 12.5 Å². The van der Waals surface area contributed by atoms with Crippen LogP contribution in [0.2, 0.25) is 0 Å². The van der Waals surface area contributed by atoms with E-state index in [4.69, 9.17) is 0 Å². The van der Waals surface area contributed by atoms with Gasteiger partial charge in [-0.2, -0.15) is 0 Å². The zero-order chi connectivity index (χ0) is 7.52. The van der Waals surface area contributed by atoms with Gasteiger partial charge in [-0.1, -0.05) is 18.9 Å². The zero-order valence-corrected chi connectivity index (χ0v) is 6.64.